The van der Waals surface area contributed by atoms with Crippen molar-refractivity contribution in [3.63, 3.8) is 0 Å². The van der Waals surface area contributed by atoms with Gasteiger partial charge < -0.3 is 10.0 Å². The Kier molecular flexibility index (Phi) is 6.41. The summed E-state index contributed by atoms with van der Waals surface area (Å²) in [7, 11) is 0. The van der Waals surface area contributed by atoms with E-state index in [1.54, 1.807) is 13.8 Å². The van der Waals surface area contributed by atoms with Crippen LogP contribution in [-0.2, 0) is 4.79 Å². The minimum Gasteiger partial charge on any atom is -0.478 e. The quantitative estimate of drug-likeness (QED) is 0.543. The molecule has 140 valence electrons. The lowest BCUT2D eigenvalue weighted by Crippen LogP contribution is -2.36. The molecule has 0 amide bonds. The maximum atomic E-state index is 14.5. The molecule has 26 heavy (non-hydrogen) atoms. The van der Waals surface area contributed by atoms with E-state index in [-0.39, 0.29) is 5.83 Å². The SMILES string of the molecule is CC(C=CC(F)=C(C)c1ccc2c(c1)C(C)CCN2C(C)C)=CC(=O)O. The molecule has 0 saturated heterocycles. The van der Waals surface area contributed by atoms with Crippen molar-refractivity contribution in [2.75, 3.05) is 11.4 Å². The lowest BCUT2D eigenvalue weighted by Gasteiger charge is -2.37. The smallest absolute Gasteiger partial charge is 0.328 e. The van der Waals surface area contributed by atoms with Gasteiger partial charge in [-0.1, -0.05) is 19.1 Å². The lowest BCUT2D eigenvalue weighted by atomic mass is 9.88. The zero-order valence-corrected chi connectivity index (χ0v) is 16.2. The molecule has 0 saturated carbocycles. The summed E-state index contributed by atoms with van der Waals surface area (Å²) in [5.74, 6) is -0.939. The zero-order valence-electron chi connectivity index (χ0n) is 16.2. The van der Waals surface area contributed by atoms with Crippen molar-refractivity contribution in [1.29, 1.82) is 0 Å². The molecule has 1 N–H and O–H groups in total. The highest BCUT2D eigenvalue weighted by atomic mass is 19.1. The van der Waals surface area contributed by atoms with Gasteiger partial charge in [0.1, 0.15) is 5.83 Å². The van der Waals surface area contributed by atoms with Crippen LogP contribution in [0.5, 0.6) is 0 Å². The van der Waals surface area contributed by atoms with Gasteiger partial charge in [0.05, 0.1) is 0 Å². The first-order valence-electron chi connectivity index (χ1n) is 9.07. The number of fused-ring (bicyclic) bond motifs is 1. The van der Waals surface area contributed by atoms with Gasteiger partial charge in [0.15, 0.2) is 0 Å². The average Bonchev–Trinajstić information content (AvgIpc) is 2.58. The van der Waals surface area contributed by atoms with Gasteiger partial charge >= 0.3 is 5.97 Å². The Balaban J connectivity index is 2.35. The molecular formula is C22H28FNO2. The second-order valence-corrected chi connectivity index (χ2v) is 7.28. The van der Waals surface area contributed by atoms with Crippen molar-refractivity contribution >= 4 is 17.2 Å². The molecule has 1 aliphatic rings. The lowest BCUT2D eigenvalue weighted by molar-refractivity contribution is -0.131. The van der Waals surface area contributed by atoms with Crippen LogP contribution in [0.3, 0.4) is 0 Å². The molecule has 1 heterocycles. The number of halogens is 1. The topological polar surface area (TPSA) is 40.5 Å². The summed E-state index contributed by atoms with van der Waals surface area (Å²) in [5, 5.41) is 8.71. The van der Waals surface area contributed by atoms with Crippen LogP contribution in [0.2, 0.25) is 0 Å². The van der Waals surface area contributed by atoms with Crippen LogP contribution < -0.4 is 4.90 Å². The van der Waals surface area contributed by atoms with Gasteiger partial charge in [-0.3, -0.25) is 0 Å². The van der Waals surface area contributed by atoms with Crippen molar-refractivity contribution in [3.05, 3.63) is 59.0 Å². The normalized spacial score (nSPS) is 19.0. The minimum absolute atomic E-state index is 0.354. The van der Waals surface area contributed by atoms with Crippen LogP contribution in [0.4, 0.5) is 10.1 Å². The molecule has 0 spiro atoms. The van der Waals surface area contributed by atoms with Crippen molar-refractivity contribution in [2.45, 2.75) is 53.0 Å². The summed E-state index contributed by atoms with van der Waals surface area (Å²) in [6.45, 7) is 11.0. The first-order chi connectivity index (χ1) is 12.2. The van der Waals surface area contributed by atoms with Crippen molar-refractivity contribution in [3.8, 4) is 0 Å². The van der Waals surface area contributed by atoms with Gasteiger partial charge in [0.25, 0.3) is 0 Å². The molecule has 0 bridgehead atoms. The molecule has 0 aromatic heterocycles. The van der Waals surface area contributed by atoms with Crippen LogP contribution >= 0.6 is 0 Å². The monoisotopic (exact) mass is 357 g/mol. The summed E-state index contributed by atoms with van der Waals surface area (Å²) in [6, 6.07) is 6.59. The number of aliphatic carboxylic acids is 1. The van der Waals surface area contributed by atoms with Gasteiger partial charge in [-0.15, -0.1) is 0 Å². The first-order valence-corrected chi connectivity index (χ1v) is 9.07. The summed E-state index contributed by atoms with van der Waals surface area (Å²) < 4.78 is 14.5. The van der Waals surface area contributed by atoms with Gasteiger partial charge in [-0.05, 0) is 80.5 Å². The molecule has 0 aliphatic carbocycles. The Morgan fingerprint density at radius 1 is 1.31 bits per heavy atom. The van der Waals surface area contributed by atoms with E-state index in [4.69, 9.17) is 5.11 Å². The number of carboxylic acids is 1. The molecular weight excluding hydrogens is 329 g/mol. The highest BCUT2D eigenvalue weighted by Gasteiger charge is 2.24. The average molecular weight is 357 g/mol. The Labute approximate surface area is 155 Å². The first kappa shape index (κ1) is 20.0. The van der Waals surface area contributed by atoms with Gasteiger partial charge in [0, 0.05) is 24.4 Å². The number of rotatable bonds is 5. The fraction of sp³-hybridized carbons (Fsp3) is 0.409. The van der Waals surface area contributed by atoms with Gasteiger partial charge in [-0.25, -0.2) is 9.18 Å². The molecule has 2 rings (SSSR count). The third kappa shape index (κ3) is 4.63. The van der Waals surface area contributed by atoms with Crippen LogP contribution in [0.25, 0.3) is 5.57 Å². The Morgan fingerprint density at radius 2 is 2.00 bits per heavy atom. The fourth-order valence-corrected chi connectivity index (χ4v) is 3.30. The Hall–Kier alpha value is -2.36. The number of hydrogen-bond donors (Lipinski definition) is 1. The van der Waals surface area contributed by atoms with Crippen LogP contribution in [0.1, 0.15) is 58.1 Å². The second-order valence-electron chi connectivity index (χ2n) is 7.28. The number of nitrogens with zero attached hydrogens (tertiary/aromatic N) is 1. The Bertz CT molecular complexity index is 774. The van der Waals surface area contributed by atoms with E-state index in [0.717, 1.165) is 24.6 Å². The standard InChI is InChI=1S/C22H28FNO2/c1-14(2)24-11-10-16(4)19-13-18(7-9-21(19)24)17(5)20(23)8-6-15(3)12-22(25)26/h6-9,12-14,16H,10-11H2,1-5H3,(H,25,26). The summed E-state index contributed by atoms with van der Waals surface area (Å²) >= 11 is 0. The molecule has 0 fully saturated rings. The molecule has 1 atom stereocenters. The maximum Gasteiger partial charge on any atom is 0.328 e. The Morgan fingerprint density at radius 3 is 2.62 bits per heavy atom. The number of anilines is 1. The molecule has 1 aliphatic heterocycles. The molecule has 1 aromatic carbocycles. The molecule has 1 unspecified atom stereocenters. The maximum absolute atomic E-state index is 14.5. The summed E-state index contributed by atoms with van der Waals surface area (Å²) in [6.07, 6.45) is 4.96. The third-order valence-electron chi connectivity index (χ3n) is 4.93. The van der Waals surface area contributed by atoms with E-state index >= 15 is 0 Å². The van der Waals surface area contributed by atoms with E-state index in [2.05, 4.69) is 37.8 Å². The van der Waals surface area contributed by atoms with E-state index in [9.17, 15) is 9.18 Å². The molecule has 3 nitrogen and oxygen atoms in total. The van der Waals surface area contributed by atoms with Crippen LogP contribution in [-0.4, -0.2) is 23.7 Å². The zero-order chi connectivity index (χ0) is 19.4. The van der Waals surface area contributed by atoms with E-state index in [1.165, 1.54) is 23.4 Å². The summed E-state index contributed by atoms with van der Waals surface area (Å²) in [4.78, 5) is 13.0. The molecule has 4 heteroatoms. The number of benzene rings is 1. The predicted octanol–water partition coefficient (Wildman–Crippen LogP) is 5.70. The van der Waals surface area contributed by atoms with Crippen molar-refractivity contribution in [1.82, 2.24) is 0 Å². The number of carbonyl (C=O) groups is 1. The third-order valence-corrected chi connectivity index (χ3v) is 4.93. The van der Waals surface area contributed by atoms with E-state index in [1.807, 2.05) is 6.07 Å². The van der Waals surface area contributed by atoms with E-state index in [0.29, 0.717) is 23.1 Å². The number of carboxylic acid groups (broad SMARTS) is 1. The van der Waals surface area contributed by atoms with Crippen LogP contribution in [0.15, 0.2) is 47.8 Å². The second kappa shape index (κ2) is 8.35. The number of allylic oxidation sites excluding steroid dienone is 5. The van der Waals surface area contributed by atoms with Crippen LogP contribution in [0, 0.1) is 0 Å². The minimum atomic E-state index is -1.04. The fourth-order valence-electron chi connectivity index (χ4n) is 3.30. The highest BCUT2D eigenvalue weighted by Crippen LogP contribution is 2.38. The molecule has 0 radical (unpaired) electrons. The highest BCUT2D eigenvalue weighted by molar-refractivity contribution is 5.81. The largest absolute Gasteiger partial charge is 0.478 e. The van der Waals surface area contributed by atoms with Gasteiger partial charge in [0.2, 0.25) is 0 Å². The number of hydrogen-bond acceptors (Lipinski definition) is 2. The summed E-state index contributed by atoms with van der Waals surface area (Å²) in [5.41, 5.74) is 4.42. The predicted molar refractivity (Wildman–Crippen MR) is 106 cm³/mol. The van der Waals surface area contributed by atoms with Crippen molar-refractivity contribution < 1.29 is 14.3 Å². The molecule has 1 aromatic rings. The van der Waals surface area contributed by atoms with E-state index < -0.39 is 5.97 Å². The van der Waals surface area contributed by atoms with Crippen molar-refractivity contribution in [2.24, 2.45) is 0 Å². The van der Waals surface area contributed by atoms with Gasteiger partial charge in [-0.2, -0.15) is 0 Å².